The fourth-order valence-electron chi connectivity index (χ4n) is 4.55. The van der Waals surface area contributed by atoms with Crippen molar-refractivity contribution in [3.63, 3.8) is 0 Å². The van der Waals surface area contributed by atoms with E-state index in [2.05, 4.69) is 0 Å². The smallest absolute Gasteiger partial charge is 0.207 e. The van der Waals surface area contributed by atoms with Crippen LogP contribution in [0.25, 0.3) is 10.8 Å². The van der Waals surface area contributed by atoms with E-state index in [4.69, 9.17) is 0 Å². The molecule has 0 atom stereocenters. The van der Waals surface area contributed by atoms with Crippen molar-refractivity contribution in [2.45, 2.75) is 51.6 Å². The average Bonchev–Trinajstić information content (AvgIpc) is 2.82. The maximum atomic E-state index is 15.1. The van der Waals surface area contributed by atoms with Crippen molar-refractivity contribution in [2.75, 3.05) is 0 Å². The van der Waals surface area contributed by atoms with Gasteiger partial charge in [0.2, 0.25) is 0 Å². The van der Waals surface area contributed by atoms with E-state index in [1.54, 1.807) is 30.3 Å². The SMILES string of the molecule is CCCc1cc(F)c(CCc2ccc3c(F)c(CCc4ccc(C(F)(F)F)c(F)c4)ccc3c2)c(F)c1. The Balaban J connectivity index is 1.46. The number of rotatable bonds is 8. The molecule has 0 aliphatic rings. The van der Waals surface area contributed by atoms with E-state index in [9.17, 15) is 26.3 Å². The topological polar surface area (TPSA) is 0 Å². The second kappa shape index (κ2) is 11.0. The Morgan fingerprint density at radius 2 is 1.22 bits per heavy atom. The molecule has 0 aliphatic heterocycles. The predicted octanol–water partition coefficient (Wildman–Crippen LogP) is 8.94. The molecule has 4 aromatic carbocycles. The average molecular weight is 519 g/mol. The molecule has 0 aliphatic carbocycles. The van der Waals surface area contributed by atoms with E-state index in [0.29, 0.717) is 46.4 Å². The van der Waals surface area contributed by atoms with Crippen molar-refractivity contribution in [3.05, 3.63) is 117 Å². The first kappa shape index (κ1) is 26.7. The van der Waals surface area contributed by atoms with Crippen LogP contribution in [0.1, 0.15) is 46.7 Å². The largest absolute Gasteiger partial charge is 0.419 e. The number of alkyl halides is 3. The highest BCUT2D eigenvalue weighted by molar-refractivity contribution is 5.84. The van der Waals surface area contributed by atoms with Crippen LogP contribution in [0.2, 0.25) is 0 Å². The van der Waals surface area contributed by atoms with E-state index in [0.717, 1.165) is 18.1 Å². The molecule has 0 heterocycles. The summed E-state index contributed by atoms with van der Waals surface area (Å²) in [5.74, 6) is -2.94. The van der Waals surface area contributed by atoms with Gasteiger partial charge in [-0.05, 0) is 84.0 Å². The van der Waals surface area contributed by atoms with E-state index < -0.39 is 35.0 Å². The van der Waals surface area contributed by atoms with E-state index in [1.807, 2.05) is 6.92 Å². The minimum absolute atomic E-state index is 0.0289. The Hall–Kier alpha value is -3.35. The van der Waals surface area contributed by atoms with Crippen LogP contribution in [0.3, 0.4) is 0 Å². The van der Waals surface area contributed by atoms with Crippen molar-refractivity contribution < 1.29 is 30.7 Å². The van der Waals surface area contributed by atoms with Crippen LogP contribution in [0.15, 0.2) is 60.7 Å². The van der Waals surface area contributed by atoms with Crippen LogP contribution in [0.4, 0.5) is 30.7 Å². The normalized spacial score (nSPS) is 11.9. The Labute approximate surface area is 210 Å². The van der Waals surface area contributed by atoms with Crippen LogP contribution in [0, 0.1) is 23.3 Å². The Morgan fingerprint density at radius 1 is 0.595 bits per heavy atom. The molecular weight excluding hydrogens is 493 g/mol. The molecule has 37 heavy (non-hydrogen) atoms. The number of fused-ring (bicyclic) bond motifs is 1. The van der Waals surface area contributed by atoms with Gasteiger partial charge in [-0.25, -0.2) is 17.6 Å². The molecule has 0 radical (unpaired) electrons. The standard InChI is InChI=1S/C30H25F7/c1-2-3-20-16-26(31)24(27(32)17-20)12-6-18-5-11-23-22(14-18)10-9-21(29(23)34)8-4-19-7-13-25(28(33)15-19)30(35,36)37/h5,7,9-11,13-17H,2-4,6,8,12H2,1H3. The molecule has 0 saturated heterocycles. The third kappa shape index (κ3) is 6.14. The van der Waals surface area contributed by atoms with Crippen LogP contribution >= 0.6 is 0 Å². The van der Waals surface area contributed by atoms with Gasteiger partial charge in [-0.2, -0.15) is 13.2 Å². The lowest BCUT2D eigenvalue weighted by atomic mass is 9.96. The summed E-state index contributed by atoms with van der Waals surface area (Å²) in [6, 6.07) is 13.9. The van der Waals surface area contributed by atoms with Crippen LogP contribution in [0.5, 0.6) is 0 Å². The van der Waals surface area contributed by atoms with Crippen molar-refractivity contribution in [3.8, 4) is 0 Å². The van der Waals surface area contributed by atoms with Gasteiger partial charge < -0.3 is 0 Å². The first-order valence-corrected chi connectivity index (χ1v) is 12.1. The fourth-order valence-corrected chi connectivity index (χ4v) is 4.55. The summed E-state index contributed by atoms with van der Waals surface area (Å²) in [6.45, 7) is 1.94. The third-order valence-corrected chi connectivity index (χ3v) is 6.52. The molecule has 0 nitrogen and oxygen atoms in total. The van der Waals surface area contributed by atoms with Crippen molar-refractivity contribution in [1.82, 2.24) is 0 Å². The van der Waals surface area contributed by atoms with Gasteiger partial charge in [0, 0.05) is 10.9 Å². The van der Waals surface area contributed by atoms with Crippen LogP contribution < -0.4 is 0 Å². The second-order valence-electron chi connectivity index (χ2n) is 9.19. The number of hydrogen-bond acceptors (Lipinski definition) is 0. The molecule has 0 bridgehead atoms. The third-order valence-electron chi connectivity index (χ3n) is 6.52. The fraction of sp³-hybridized carbons (Fsp3) is 0.267. The molecule has 0 unspecified atom stereocenters. The van der Waals surface area contributed by atoms with Gasteiger partial charge in [0.25, 0.3) is 0 Å². The van der Waals surface area contributed by atoms with E-state index >= 15 is 4.39 Å². The van der Waals surface area contributed by atoms with Crippen molar-refractivity contribution >= 4 is 10.8 Å². The summed E-state index contributed by atoms with van der Waals surface area (Å²) < 4.78 is 96.0. The zero-order chi connectivity index (χ0) is 26.7. The van der Waals surface area contributed by atoms with E-state index in [-0.39, 0.29) is 24.8 Å². The maximum absolute atomic E-state index is 15.1. The summed E-state index contributed by atoms with van der Waals surface area (Å²) in [5, 5.41) is 0.986. The summed E-state index contributed by atoms with van der Waals surface area (Å²) in [7, 11) is 0. The highest BCUT2D eigenvalue weighted by atomic mass is 19.4. The molecule has 0 spiro atoms. The lowest BCUT2D eigenvalue weighted by molar-refractivity contribution is -0.140. The van der Waals surface area contributed by atoms with Gasteiger partial charge in [0.15, 0.2) is 0 Å². The summed E-state index contributed by atoms with van der Waals surface area (Å²) >= 11 is 0. The van der Waals surface area contributed by atoms with Gasteiger partial charge in [-0.3, -0.25) is 0 Å². The molecule has 0 saturated carbocycles. The monoisotopic (exact) mass is 518 g/mol. The number of aryl methyl sites for hydroxylation is 4. The van der Waals surface area contributed by atoms with Crippen LogP contribution in [-0.2, 0) is 38.3 Å². The molecule has 4 rings (SSSR count). The highest BCUT2D eigenvalue weighted by Gasteiger charge is 2.33. The van der Waals surface area contributed by atoms with E-state index in [1.165, 1.54) is 18.2 Å². The minimum atomic E-state index is -4.77. The molecule has 0 N–H and O–H groups in total. The lowest BCUT2D eigenvalue weighted by Crippen LogP contribution is -2.08. The maximum Gasteiger partial charge on any atom is 0.419 e. The van der Waals surface area contributed by atoms with Crippen molar-refractivity contribution in [2.24, 2.45) is 0 Å². The Bertz CT molecular complexity index is 1400. The van der Waals surface area contributed by atoms with Gasteiger partial charge in [0.1, 0.15) is 23.3 Å². The number of hydrogen-bond donors (Lipinski definition) is 0. The first-order chi connectivity index (χ1) is 17.6. The Morgan fingerprint density at radius 3 is 1.86 bits per heavy atom. The summed E-state index contributed by atoms with van der Waals surface area (Å²) in [5.41, 5.74) is 0.821. The zero-order valence-electron chi connectivity index (χ0n) is 20.2. The highest BCUT2D eigenvalue weighted by Crippen LogP contribution is 2.32. The number of halogens is 7. The summed E-state index contributed by atoms with van der Waals surface area (Å²) in [4.78, 5) is 0. The first-order valence-electron chi connectivity index (χ1n) is 12.1. The quantitative estimate of drug-likeness (QED) is 0.204. The van der Waals surface area contributed by atoms with Gasteiger partial charge in [-0.1, -0.05) is 49.7 Å². The van der Waals surface area contributed by atoms with Crippen molar-refractivity contribution in [1.29, 1.82) is 0 Å². The minimum Gasteiger partial charge on any atom is -0.207 e. The molecular formula is C30H25F7. The molecule has 4 aromatic rings. The molecule has 0 aromatic heterocycles. The Kier molecular flexibility index (Phi) is 7.90. The predicted molar refractivity (Wildman–Crippen MR) is 130 cm³/mol. The summed E-state index contributed by atoms with van der Waals surface area (Å²) in [6.07, 6.45) is -2.48. The van der Waals surface area contributed by atoms with Gasteiger partial charge in [0.05, 0.1) is 5.56 Å². The molecule has 0 fully saturated rings. The zero-order valence-corrected chi connectivity index (χ0v) is 20.2. The second-order valence-corrected chi connectivity index (χ2v) is 9.19. The number of benzene rings is 4. The molecule has 0 amide bonds. The van der Waals surface area contributed by atoms with Gasteiger partial charge >= 0.3 is 6.18 Å². The van der Waals surface area contributed by atoms with Crippen LogP contribution in [-0.4, -0.2) is 0 Å². The molecule has 194 valence electrons. The van der Waals surface area contributed by atoms with Gasteiger partial charge in [-0.15, -0.1) is 0 Å². The molecule has 7 heteroatoms. The lowest BCUT2D eigenvalue weighted by Gasteiger charge is -2.11.